The van der Waals surface area contributed by atoms with Crippen molar-refractivity contribution in [2.45, 2.75) is 23.5 Å². The molecule has 2 amide bonds. The number of thioether (sulfide) groups is 1. The number of hydrogen-bond donors (Lipinski definition) is 1. The van der Waals surface area contributed by atoms with Gasteiger partial charge in [0.2, 0.25) is 5.91 Å². The van der Waals surface area contributed by atoms with E-state index in [1.807, 2.05) is 35.2 Å². The topological polar surface area (TPSA) is 49.4 Å². The van der Waals surface area contributed by atoms with E-state index in [0.717, 1.165) is 10.5 Å². The SMILES string of the molecule is CNC(=O)C1CCN(C(=O)c2cccc(CSc3cc(Cl)ccc3Cl)c2)CC1. The summed E-state index contributed by atoms with van der Waals surface area (Å²) < 4.78 is 0. The molecule has 148 valence electrons. The van der Waals surface area contributed by atoms with Gasteiger partial charge in [-0.1, -0.05) is 35.3 Å². The van der Waals surface area contributed by atoms with E-state index >= 15 is 0 Å². The molecule has 1 N–H and O–H groups in total. The zero-order valence-electron chi connectivity index (χ0n) is 15.6. The molecular weight excluding hydrogens is 415 g/mol. The predicted molar refractivity (Wildman–Crippen MR) is 115 cm³/mol. The van der Waals surface area contributed by atoms with Gasteiger partial charge < -0.3 is 10.2 Å². The highest BCUT2D eigenvalue weighted by Crippen LogP contribution is 2.32. The molecule has 1 aliphatic heterocycles. The number of halogens is 2. The molecule has 28 heavy (non-hydrogen) atoms. The number of hydrogen-bond acceptors (Lipinski definition) is 3. The third kappa shape index (κ3) is 5.22. The molecule has 0 atom stereocenters. The summed E-state index contributed by atoms with van der Waals surface area (Å²) in [6, 6.07) is 13.1. The molecular formula is C21H22Cl2N2O2S. The number of nitrogens with zero attached hydrogens (tertiary/aromatic N) is 1. The van der Waals surface area contributed by atoms with Crippen molar-refractivity contribution in [2.75, 3.05) is 20.1 Å². The summed E-state index contributed by atoms with van der Waals surface area (Å²) in [5.74, 6) is 0.771. The summed E-state index contributed by atoms with van der Waals surface area (Å²) in [4.78, 5) is 27.4. The Kier molecular flexibility index (Phi) is 7.27. The Morgan fingerprint density at radius 1 is 1.14 bits per heavy atom. The number of carbonyl (C=O) groups is 2. The summed E-state index contributed by atoms with van der Waals surface area (Å²) in [6.07, 6.45) is 1.41. The van der Waals surface area contributed by atoms with Gasteiger partial charge in [-0.25, -0.2) is 0 Å². The molecule has 7 heteroatoms. The molecule has 0 saturated carbocycles. The van der Waals surface area contributed by atoms with Crippen LogP contribution in [-0.4, -0.2) is 36.9 Å². The minimum atomic E-state index is -0.000714. The summed E-state index contributed by atoms with van der Waals surface area (Å²) >= 11 is 13.9. The Bertz CT molecular complexity index is 867. The Balaban J connectivity index is 1.62. The van der Waals surface area contributed by atoms with Gasteiger partial charge in [-0.15, -0.1) is 11.8 Å². The fourth-order valence-corrected chi connectivity index (χ4v) is 4.71. The summed E-state index contributed by atoms with van der Waals surface area (Å²) in [5.41, 5.74) is 1.72. The maximum absolute atomic E-state index is 12.9. The first-order valence-electron chi connectivity index (χ1n) is 9.15. The second-order valence-corrected chi connectivity index (χ2v) is 8.61. The lowest BCUT2D eigenvalue weighted by Crippen LogP contribution is -2.42. The van der Waals surface area contributed by atoms with Crippen molar-refractivity contribution in [3.63, 3.8) is 0 Å². The second-order valence-electron chi connectivity index (χ2n) is 6.74. The summed E-state index contributed by atoms with van der Waals surface area (Å²) in [5, 5.41) is 4.01. The number of benzene rings is 2. The lowest BCUT2D eigenvalue weighted by atomic mass is 9.95. The molecule has 1 heterocycles. The van der Waals surface area contributed by atoms with E-state index < -0.39 is 0 Å². The number of nitrogens with one attached hydrogen (secondary N) is 1. The fraction of sp³-hybridized carbons (Fsp3) is 0.333. The molecule has 0 spiro atoms. The van der Waals surface area contributed by atoms with Crippen LogP contribution in [-0.2, 0) is 10.5 Å². The van der Waals surface area contributed by atoms with Gasteiger partial charge in [0.1, 0.15) is 0 Å². The van der Waals surface area contributed by atoms with E-state index in [4.69, 9.17) is 23.2 Å². The Hall–Kier alpha value is -1.69. The van der Waals surface area contributed by atoms with Crippen LogP contribution in [0.3, 0.4) is 0 Å². The van der Waals surface area contributed by atoms with Gasteiger partial charge in [0.15, 0.2) is 0 Å². The summed E-state index contributed by atoms with van der Waals surface area (Å²) in [6.45, 7) is 1.21. The Morgan fingerprint density at radius 2 is 1.89 bits per heavy atom. The minimum Gasteiger partial charge on any atom is -0.359 e. The largest absolute Gasteiger partial charge is 0.359 e. The molecule has 0 radical (unpaired) electrons. The van der Waals surface area contributed by atoms with Crippen LogP contribution in [0.5, 0.6) is 0 Å². The number of carbonyl (C=O) groups excluding carboxylic acids is 2. The lowest BCUT2D eigenvalue weighted by molar-refractivity contribution is -0.125. The minimum absolute atomic E-state index is 0.000714. The Morgan fingerprint density at radius 3 is 2.61 bits per heavy atom. The maximum Gasteiger partial charge on any atom is 0.253 e. The second kappa shape index (κ2) is 9.68. The predicted octanol–water partition coefficient (Wildman–Crippen LogP) is 4.88. The molecule has 1 fully saturated rings. The average molecular weight is 437 g/mol. The van der Waals surface area contributed by atoms with Crippen LogP contribution in [0.15, 0.2) is 47.4 Å². The highest BCUT2D eigenvalue weighted by molar-refractivity contribution is 7.98. The highest BCUT2D eigenvalue weighted by atomic mass is 35.5. The molecule has 4 nitrogen and oxygen atoms in total. The smallest absolute Gasteiger partial charge is 0.253 e. The standard InChI is InChI=1S/C21H22Cl2N2O2S/c1-24-20(26)15-7-9-25(10-8-15)21(27)16-4-2-3-14(11-16)13-28-19-12-17(22)5-6-18(19)23/h2-6,11-12,15H,7-10,13H2,1H3,(H,24,26). The van der Waals surface area contributed by atoms with Gasteiger partial charge in [0.25, 0.3) is 5.91 Å². The number of amides is 2. The zero-order chi connectivity index (χ0) is 20.1. The van der Waals surface area contributed by atoms with Crippen molar-refractivity contribution in [3.05, 3.63) is 63.6 Å². The van der Waals surface area contributed by atoms with Gasteiger partial charge >= 0.3 is 0 Å². The van der Waals surface area contributed by atoms with Gasteiger partial charge in [0, 0.05) is 47.3 Å². The van der Waals surface area contributed by atoms with E-state index in [9.17, 15) is 9.59 Å². The van der Waals surface area contributed by atoms with Crippen molar-refractivity contribution >= 4 is 46.8 Å². The van der Waals surface area contributed by atoms with E-state index in [2.05, 4.69) is 5.32 Å². The van der Waals surface area contributed by atoms with Crippen LogP contribution in [0.25, 0.3) is 0 Å². The van der Waals surface area contributed by atoms with Crippen LogP contribution in [0, 0.1) is 5.92 Å². The number of rotatable bonds is 5. The monoisotopic (exact) mass is 436 g/mol. The zero-order valence-corrected chi connectivity index (χ0v) is 17.9. The van der Waals surface area contributed by atoms with Gasteiger partial charge in [-0.3, -0.25) is 9.59 Å². The van der Waals surface area contributed by atoms with Crippen LogP contribution in [0.2, 0.25) is 10.0 Å². The first-order chi connectivity index (χ1) is 13.5. The lowest BCUT2D eigenvalue weighted by Gasteiger charge is -2.31. The van der Waals surface area contributed by atoms with Gasteiger partial charge in [-0.05, 0) is 48.7 Å². The number of likely N-dealkylation sites (tertiary alicyclic amines) is 1. The van der Waals surface area contributed by atoms with E-state index in [-0.39, 0.29) is 17.7 Å². The maximum atomic E-state index is 12.9. The van der Waals surface area contributed by atoms with Crippen molar-refractivity contribution in [2.24, 2.45) is 5.92 Å². The van der Waals surface area contributed by atoms with Crippen molar-refractivity contribution in [1.82, 2.24) is 10.2 Å². The molecule has 1 aliphatic rings. The van der Waals surface area contributed by atoms with E-state index in [1.165, 1.54) is 0 Å². The normalized spacial score (nSPS) is 14.8. The first-order valence-corrected chi connectivity index (χ1v) is 10.9. The van der Waals surface area contributed by atoms with Crippen LogP contribution >= 0.6 is 35.0 Å². The van der Waals surface area contributed by atoms with Crippen LogP contribution in [0.1, 0.15) is 28.8 Å². The van der Waals surface area contributed by atoms with Gasteiger partial charge in [-0.2, -0.15) is 0 Å². The molecule has 0 aliphatic carbocycles. The average Bonchev–Trinajstić information content (AvgIpc) is 2.73. The third-order valence-corrected chi connectivity index (χ3v) is 6.66. The fourth-order valence-electron chi connectivity index (χ4n) is 3.27. The molecule has 2 aromatic rings. The molecule has 0 aromatic heterocycles. The van der Waals surface area contributed by atoms with Crippen LogP contribution < -0.4 is 5.32 Å². The van der Waals surface area contributed by atoms with E-state index in [1.54, 1.807) is 30.9 Å². The van der Waals surface area contributed by atoms with E-state index in [0.29, 0.717) is 47.3 Å². The molecule has 1 saturated heterocycles. The van der Waals surface area contributed by atoms with Crippen LogP contribution in [0.4, 0.5) is 0 Å². The molecule has 0 bridgehead atoms. The molecule has 0 unspecified atom stereocenters. The van der Waals surface area contributed by atoms with Gasteiger partial charge in [0.05, 0.1) is 5.02 Å². The molecule has 2 aromatic carbocycles. The first kappa shape index (κ1) is 21.0. The highest BCUT2D eigenvalue weighted by Gasteiger charge is 2.27. The van der Waals surface area contributed by atoms with Crippen molar-refractivity contribution < 1.29 is 9.59 Å². The Labute approximate surface area is 179 Å². The summed E-state index contributed by atoms with van der Waals surface area (Å²) in [7, 11) is 1.65. The number of piperidine rings is 1. The van der Waals surface area contributed by atoms with Crippen molar-refractivity contribution in [1.29, 1.82) is 0 Å². The molecule has 3 rings (SSSR count). The van der Waals surface area contributed by atoms with Crippen molar-refractivity contribution in [3.8, 4) is 0 Å². The quantitative estimate of drug-likeness (QED) is 0.678. The third-order valence-electron chi connectivity index (χ3n) is 4.86.